The number of halogens is 1. The molecule has 0 heterocycles. The van der Waals surface area contributed by atoms with Gasteiger partial charge in [-0.25, -0.2) is 0 Å². The summed E-state index contributed by atoms with van der Waals surface area (Å²) < 4.78 is 6.40. The summed E-state index contributed by atoms with van der Waals surface area (Å²) in [5.74, 6) is 0.910. The van der Waals surface area contributed by atoms with Crippen LogP contribution in [0, 0.1) is 0 Å². The summed E-state index contributed by atoms with van der Waals surface area (Å²) >= 11 is 3.59. The highest BCUT2D eigenvalue weighted by atomic mass is 79.9. The summed E-state index contributed by atoms with van der Waals surface area (Å²) in [6, 6.07) is 6.90. The van der Waals surface area contributed by atoms with Crippen LogP contribution in [-0.4, -0.2) is 38.2 Å². The molecule has 1 saturated carbocycles. The zero-order valence-corrected chi connectivity index (χ0v) is 14.1. The van der Waals surface area contributed by atoms with Crippen LogP contribution in [0.3, 0.4) is 0 Å². The van der Waals surface area contributed by atoms with E-state index < -0.39 is 0 Å². The Balaban J connectivity index is 1.72. The molecule has 20 heavy (non-hydrogen) atoms. The van der Waals surface area contributed by atoms with Gasteiger partial charge in [0, 0.05) is 30.1 Å². The Morgan fingerprint density at radius 3 is 2.80 bits per heavy atom. The fourth-order valence-corrected chi connectivity index (χ4v) is 3.21. The Bertz CT molecular complexity index is 419. The van der Waals surface area contributed by atoms with E-state index in [4.69, 9.17) is 4.74 Å². The van der Waals surface area contributed by atoms with Crippen LogP contribution in [0.2, 0.25) is 0 Å². The highest BCUT2D eigenvalue weighted by Crippen LogP contribution is 2.23. The number of hydrogen-bond acceptors (Lipinski definition) is 3. The van der Waals surface area contributed by atoms with Gasteiger partial charge in [-0.2, -0.15) is 0 Å². The van der Waals surface area contributed by atoms with Crippen molar-refractivity contribution in [2.24, 2.45) is 0 Å². The largest absolute Gasteiger partial charge is 0.497 e. The first-order valence-corrected chi connectivity index (χ1v) is 8.23. The normalized spacial score (nSPS) is 16.0. The fraction of sp³-hybridized carbons (Fsp3) is 0.625. The lowest BCUT2D eigenvalue weighted by atomic mass is 10.2. The maximum absolute atomic E-state index is 5.27. The Morgan fingerprint density at radius 2 is 2.10 bits per heavy atom. The van der Waals surface area contributed by atoms with Crippen molar-refractivity contribution < 1.29 is 4.74 Å². The standard InChI is InChI=1S/C16H25BrN2O/c1-19(14-5-3-4-6-14)10-9-18-12-13-11-15(20-2)7-8-16(13)17/h7-8,11,14,18H,3-6,9-10,12H2,1-2H3. The van der Waals surface area contributed by atoms with E-state index in [-0.39, 0.29) is 0 Å². The van der Waals surface area contributed by atoms with Crippen molar-refractivity contribution in [3.8, 4) is 5.75 Å². The van der Waals surface area contributed by atoms with Gasteiger partial charge in [0.2, 0.25) is 0 Å². The monoisotopic (exact) mass is 340 g/mol. The van der Waals surface area contributed by atoms with E-state index in [0.29, 0.717) is 0 Å². The third kappa shape index (κ3) is 4.47. The summed E-state index contributed by atoms with van der Waals surface area (Å²) in [5, 5.41) is 3.52. The average Bonchev–Trinajstić information content (AvgIpc) is 2.99. The van der Waals surface area contributed by atoms with Gasteiger partial charge < -0.3 is 15.0 Å². The first kappa shape index (κ1) is 15.8. The van der Waals surface area contributed by atoms with Crippen LogP contribution in [0.1, 0.15) is 31.2 Å². The van der Waals surface area contributed by atoms with Crippen molar-refractivity contribution in [1.29, 1.82) is 0 Å². The van der Waals surface area contributed by atoms with E-state index in [1.54, 1.807) is 7.11 Å². The zero-order chi connectivity index (χ0) is 14.4. The maximum atomic E-state index is 5.27. The molecule has 0 aliphatic heterocycles. The molecule has 0 aromatic heterocycles. The Morgan fingerprint density at radius 1 is 1.35 bits per heavy atom. The highest BCUT2D eigenvalue weighted by Gasteiger charge is 2.18. The topological polar surface area (TPSA) is 24.5 Å². The predicted molar refractivity (Wildman–Crippen MR) is 87.3 cm³/mol. The van der Waals surface area contributed by atoms with Crippen LogP contribution in [0.25, 0.3) is 0 Å². The van der Waals surface area contributed by atoms with E-state index in [1.807, 2.05) is 12.1 Å². The minimum Gasteiger partial charge on any atom is -0.497 e. The molecule has 0 saturated heterocycles. The molecule has 1 aliphatic rings. The number of hydrogen-bond donors (Lipinski definition) is 1. The molecule has 3 nitrogen and oxygen atoms in total. The molecule has 0 spiro atoms. The molecule has 0 radical (unpaired) electrons. The number of likely N-dealkylation sites (N-methyl/N-ethyl adjacent to an activating group) is 1. The van der Waals surface area contributed by atoms with Crippen LogP contribution in [0.5, 0.6) is 5.75 Å². The first-order valence-electron chi connectivity index (χ1n) is 7.44. The second-order valence-corrected chi connectivity index (χ2v) is 6.41. The van der Waals surface area contributed by atoms with E-state index in [1.165, 1.54) is 31.2 Å². The lowest BCUT2D eigenvalue weighted by Crippen LogP contribution is -2.35. The van der Waals surface area contributed by atoms with Crippen molar-refractivity contribution in [3.63, 3.8) is 0 Å². The van der Waals surface area contributed by atoms with Gasteiger partial charge in [-0.15, -0.1) is 0 Å². The van der Waals surface area contributed by atoms with Crippen LogP contribution in [0.4, 0.5) is 0 Å². The lowest BCUT2D eigenvalue weighted by molar-refractivity contribution is 0.245. The zero-order valence-electron chi connectivity index (χ0n) is 12.5. The van der Waals surface area contributed by atoms with Crippen molar-refractivity contribution in [1.82, 2.24) is 10.2 Å². The number of benzene rings is 1. The van der Waals surface area contributed by atoms with E-state index in [0.717, 1.165) is 35.9 Å². The minimum atomic E-state index is 0.806. The molecule has 1 aromatic carbocycles. The average molecular weight is 341 g/mol. The van der Waals surface area contributed by atoms with Crippen LogP contribution in [0.15, 0.2) is 22.7 Å². The molecular weight excluding hydrogens is 316 g/mol. The van der Waals surface area contributed by atoms with Gasteiger partial charge in [0.05, 0.1) is 7.11 Å². The lowest BCUT2D eigenvalue weighted by Gasteiger charge is -2.24. The number of ether oxygens (including phenoxy) is 1. The van der Waals surface area contributed by atoms with Crippen LogP contribution >= 0.6 is 15.9 Å². The third-order valence-corrected chi connectivity index (χ3v) is 4.93. The van der Waals surface area contributed by atoms with Crippen molar-refractivity contribution in [3.05, 3.63) is 28.2 Å². The minimum absolute atomic E-state index is 0.806. The third-order valence-electron chi connectivity index (χ3n) is 4.16. The van der Waals surface area contributed by atoms with Crippen molar-refractivity contribution in [2.75, 3.05) is 27.2 Å². The molecule has 1 aliphatic carbocycles. The number of methoxy groups -OCH3 is 1. The molecular formula is C16H25BrN2O. The predicted octanol–water partition coefficient (Wildman–Crippen LogP) is 3.42. The SMILES string of the molecule is COc1ccc(Br)c(CNCCN(C)C2CCCC2)c1. The van der Waals surface area contributed by atoms with Gasteiger partial charge in [-0.3, -0.25) is 0 Å². The van der Waals surface area contributed by atoms with E-state index >= 15 is 0 Å². The van der Waals surface area contributed by atoms with Crippen LogP contribution < -0.4 is 10.1 Å². The summed E-state index contributed by atoms with van der Waals surface area (Å²) in [6.07, 6.45) is 5.55. The molecule has 0 amide bonds. The fourth-order valence-electron chi connectivity index (χ4n) is 2.82. The van der Waals surface area contributed by atoms with Gasteiger partial charge in [-0.05, 0) is 43.7 Å². The molecule has 112 valence electrons. The Labute approximate surface area is 130 Å². The molecule has 1 aromatic rings. The molecule has 4 heteroatoms. The molecule has 0 atom stereocenters. The molecule has 2 rings (SSSR count). The van der Waals surface area contributed by atoms with Crippen LogP contribution in [-0.2, 0) is 6.54 Å². The Hall–Kier alpha value is -0.580. The molecule has 1 N–H and O–H groups in total. The molecule has 1 fully saturated rings. The Kier molecular flexibility index (Phi) is 6.33. The first-order chi connectivity index (χ1) is 9.70. The van der Waals surface area contributed by atoms with Gasteiger partial charge in [0.15, 0.2) is 0 Å². The van der Waals surface area contributed by atoms with E-state index in [9.17, 15) is 0 Å². The summed E-state index contributed by atoms with van der Waals surface area (Å²) in [4.78, 5) is 2.50. The van der Waals surface area contributed by atoms with E-state index in [2.05, 4.69) is 39.3 Å². The smallest absolute Gasteiger partial charge is 0.119 e. The number of nitrogens with one attached hydrogen (secondary N) is 1. The summed E-state index contributed by atoms with van der Waals surface area (Å²) in [7, 11) is 3.95. The van der Waals surface area contributed by atoms with Gasteiger partial charge in [0.25, 0.3) is 0 Å². The van der Waals surface area contributed by atoms with Crippen molar-refractivity contribution in [2.45, 2.75) is 38.3 Å². The van der Waals surface area contributed by atoms with Gasteiger partial charge >= 0.3 is 0 Å². The second-order valence-electron chi connectivity index (χ2n) is 5.55. The summed E-state index contributed by atoms with van der Waals surface area (Å²) in [6.45, 7) is 3.01. The molecule has 0 unspecified atom stereocenters. The highest BCUT2D eigenvalue weighted by molar-refractivity contribution is 9.10. The quantitative estimate of drug-likeness (QED) is 0.769. The van der Waals surface area contributed by atoms with Gasteiger partial charge in [0.1, 0.15) is 5.75 Å². The second kappa shape index (κ2) is 8.01. The summed E-state index contributed by atoms with van der Waals surface area (Å²) in [5.41, 5.74) is 1.24. The van der Waals surface area contributed by atoms with Gasteiger partial charge in [-0.1, -0.05) is 28.8 Å². The van der Waals surface area contributed by atoms with Crippen molar-refractivity contribution >= 4 is 15.9 Å². The number of rotatable bonds is 7. The molecule has 0 bridgehead atoms. The maximum Gasteiger partial charge on any atom is 0.119 e. The number of nitrogens with zero attached hydrogens (tertiary/aromatic N) is 1.